The van der Waals surface area contributed by atoms with Crippen molar-refractivity contribution in [2.24, 2.45) is 11.3 Å². The fourth-order valence-corrected chi connectivity index (χ4v) is 1.93. The predicted octanol–water partition coefficient (Wildman–Crippen LogP) is 2.81. The molecule has 1 aliphatic rings. The first kappa shape index (κ1) is 13.9. The number of amides is 2. The third-order valence-electron chi connectivity index (χ3n) is 2.89. The molecular weight excluding hydrogens is 214 g/mol. The normalized spacial score (nSPS) is 21.9. The lowest BCUT2D eigenvalue weighted by Gasteiger charge is -2.20. The van der Waals surface area contributed by atoms with Gasteiger partial charge in [0.15, 0.2) is 0 Å². The number of carbonyl (C=O) groups excluding carboxylic acids is 2. The molecule has 1 N–H and O–H groups in total. The average molecular weight is 237 g/mol. The van der Waals surface area contributed by atoms with Gasteiger partial charge in [0.25, 0.3) is 0 Å². The first-order valence-electron chi connectivity index (χ1n) is 6.40. The Morgan fingerprint density at radius 2 is 2.06 bits per heavy atom. The maximum Gasteiger partial charge on any atom is 0.229 e. The van der Waals surface area contributed by atoms with Crippen molar-refractivity contribution in [3.63, 3.8) is 0 Å². The Morgan fingerprint density at radius 1 is 1.35 bits per heavy atom. The Kier molecular flexibility index (Phi) is 4.91. The molecule has 96 valence electrons. The molecule has 1 heterocycles. The maximum absolute atomic E-state index is 11.5. The molecule has 0 saturated carbocycles. The van der Waals surface area contributed by atoms with Crippen molar-refractivity contribution in [1.82, 2.24) is 5.32 Å². The van der Waals surface area contributed by atoms with Crippen LogP contribution in [0.15, 0.2) is 12.2 Å². The van der Waals surface area contributed by atoms with E-state index in [1.165, 1.54) is 0 Å². The Morgan fingerprint density at radius 3 is 2.65 bits per heavy atom. The molecule has 3 heteroatoms. The summed E-state index contributed by atoms with van der Waals surface area (Å²) < 4.78 is 0. The van der Waals surface area contributed by atoms with Gasteiger partial charge in [-0.2, -0.15) is 0 Å². The quantitative estimate of drug-likeness (QED) is 0.464. The number of unbranched alkanes of at least 4 members (excludes halogenated alkanes) is 1. The van der Waals surface area contributed by atoms with Gasteiger partial charge in [-0.15, -0.1) is 0 Å². The second kappa shape index (κ2) is 5.99. The van der Waals surface area contributed by atoms with Crippen molar-refractivity contribution in [3.05, 3.63) is 12.2 Å². The van der Waals surface area contributed by atoms with Gasteiger partial charge in [-0.25, -0.2) is 0 Å². The number of piperidine rings is 1. The Labute approximate surface area is 104 Å². The van der Waals surface area contributed by atoms with Crippen LogP contribution in [0.2, 0.25) is 0 Å². The third kappa shape index (κ3) is 5.66. The zero-order valence-corrected chi connectivity index (χ0v) is 11.1. The summed E-state index contributed by atoms with van der Waals surface area (Å²) in [5.41, 5.74) is 0.231. The second-order valence-electron chi connectivity index (χ2n) is 5.85. The van der Waals surface area contributed by atoms with E-state index >= 15 is 0 Å². The van der Waals surface area contributed by atoms with Crippen molar-refractivity contribution in [1.29, 1.82) is 0 Å². The van der Waals surface area contributed by atoms with Crippen molar-refractivity contribution >= 4 is 11.8 Å². The van der Waals surface area contributed by atoms with E-state index in [-0.39, 0.29) is 23.1 Å². The first-order chi connectivity index (χ1) is 7.88. The lowest BCUT2D eigenvalue weighted by Crippen LogP contribution is -2.40. The molecule has 0 aromatic carbocycles. The highest BCUT2D eigenvalue weighted by atomic mass is 16.2. The summed E-state index contributed by atoms with van der Waals surface area (Å²) in [4.78, 5) is 22.4. The topological polar surface area (TPSA) is 46.2 Å². The average Bonchev–Trinajstić information content (AvgIpc) is 2.18. The van der Waals surface area contributed by atoms with Crippen molar-refractivity contribution < 1.29 is 9.59 Å². The highest BCUT2D eigenvalue weighted by Gasteiger charge is 2.25. The molecule has 0 bridgehead atoms. The van der Waals surface area contributed by atoms with E-state index in [2.05, 4.69) is 38.2 Å². The minimum Gasteiger partial charge on any atom is -0.296 e. The van der Waals surface area contributed by atoms with Gasteiger partial charge in [0, 0.05) is 12.3 Å². The van der Waals surface area contributed by atoms with E-state index in [9.17, 15) is 9.59 Å². The number of hydrogen-bond acceptors (Lipinski definition) is 2. The fraction of sp³-hybridized carbons (Fsp3) is 0.714. The van der Waals surface area contributed by atoms with Gasteiger partial charge in [-0.1, -0.05) is 32.9 Å². The van der Waals surface area contributed by atoms with Gasteiger partial charge in [-0.05, 0) is 31.1 Å². The first-order valence-corrected chi connectivity index (χ1v) is 6.40. The van der Waals surface area contributed by atoms with Gasteiger partial charge in [-0.3, -0.25) is 14.9 Å². The molecule has 1 saturated heterocycles. The summed E-state index contributed by atoms with van der Waals surface area (Å²) in [5, 5.41) is 2.40. The van der Waals surface area contributed by atoms with Crippen LogP contribution in [0.5, 0.6) is 0 Å². The van der Waals surface area contributed by atoms with E-state index < -0.39 is 0 Å². The Balaban J connectivity index is 2.21. The van der Waals surface area contributed by atoms with Crippen LogP contribution < -0.4 is 5.32 Å². The van der Waals surface area contributed by atoms with E-state index in [1.54, 1.807) is 0 Å². The smallest absolute Gasteiger partial charge is 0.229 e. The lowest BCUT2D eigenvalue weighted by molar-refractivity contribution is -0.136. The molecule has 1 aliphatic heterocycles. The van der Waals surface area contributed by atoms with E-state index in [1.807, 2.05) is 0 Å². The molecule has 3 nitrogen and oxygen atoms in total. The van der Waals surface area contributed by atoms with E-state index in [0.717, 1.165) is 19.3 Å². The summed E-state index contributed by atoms with van der Waals surface area (Å²) >= 11 is 0. The SMILES string of the molecule is CC(C)(C)/C=C/CCCC1CCC(=O)NC1=O. The van der Waals surface area contributed by atoms with Crippen LogP contribution in [-0.2, 0) is 9.59 Å². The summed E-state index contributed by atoms with van der Waals surface area (Å²) in [6.45, 7) is 6.51. The van der Waals surface area contributed by atoms with Crippen LogP contribution in [0, 0.1) is 11.3 Å². The van der Waals surface area contributed by atoms with Crippen molar-refractivity contribution in [2.45, 2.75) is 52.9 Å². The summed E-state index contributed by atoms with van der Waals surface area (Å²) in [6, 6.07) is 0. The molecule has 17 heavy (non-hydrogen) atoms. The standard InChI is InChI=1S/C14H23NO2/c1-14(2,3)10-6-4-5-7-11-8-9-12(16)15-13(11)17/h6,10-11H,4-5,7-9H2,1-3H3,(H,15,16,17)/b10-6+. The second-order valence-corrected chi connectivity index (χ2v) is 5.85. The van der Waals surface area contributed by atoms with E-state index in [4.69, 9.17) is 0 Å². The summed E-state index contributed by atoms with van der Waals surface area (Å²) in [6.07, 6.45) is 8.51. The largest absolute Gasteiger partial charge is 0.296 e. The van der Waals surface area contributed by atoms with Gasteiger partial charge < -0.3 is 0 Å². The molecule has 0 aromatic heterocycles. The third-order valence-corrected chi connectivity index (χ3v) is 2.89. The zero-order chi connectivity index (χ0) is 12.9. The molecule has 1 rings (SSSR count). The van der Waals surface area contributed by atoms with Crippen LogP contribution in [-0.4, -0.2) is 11.8 Å². The maximum atomic E-state index is 11.5. The Bertz CT molecular complexity index is 313. The zero-order valence-electron chi connectivity index (χ0n) is 11.1. The fourth-order valence-electron chi connectivity index (χ4n) is 1.93. The van der Waals surface area contributed by atoms with Crippen LogP contribution in [0.25, 0.3) is 0 Å². The van der Waals surface area contributed by atoms with Gasteiger partial charge in [0.05, 0.1) is 0 Å². The number of nitrogens with one attached hydrogen (secondary N) is 1. The number of rotatable bonds is 4. The van der Waals surface area contributed by atoms with Crippen LogP contribution in [0.3, 0.4) is 0 Å². The highest BCUT2D eigenvalue weighted by Crippen LogP contribution is 2.20. The Hall–Kier alpha value is -1.12. The summed E-state index contributed by atoms with van der Waals surface area (Å²) in [5.74, 6) is -0.171. The van der Waals surface area contributed by atoms with Crippen LogP contribution in [0.4, 0.5) is 0 Å². The predicted molar refractivity (Wildman–Crippen MR) is 68.3 cm³/mol. The number of imide groups is 1. The van der Waals surface area contributed by atoms with Gasteiger partial charge >= 0.3 is 0 Å². The molecule has 0 aromatic rings. The molecule has 1 unspecified atom stereocenters. The molecule has 0 spiro atoms. The van der Waals surface area contributed by atoms with Crippen molar-refractivity contribution in [3.8, 4) is 0 Å². The number of allylic oxidation sites excluding steroid dienone is 2. The summed E-state index contributed by atoms with van der Waals surface area (Å²) in [7, 11) is 0. The van der Waals surface area contributed by atoms with Gasteiger partial charge in [0.2, 0.25) is 11.8 Å². The highest BCUT2D eigenvalue weighted by molar-refractivity contribution is 5.98. The number of carbonyl (C=O) groups is 2. The molecular formula is C14H23NO2. The van der Waals surface area contributed by atoms with E-state index in [0.29, 0.717) is 12.8 Å². The molecule has 0 aliphatic carbocycles. The van der Waals surface area contributed by atoms with Crippen LogP contribution >= 0.6 is 0 Å². The molecule has 2 amide bonds. The molecule has 0 radical (unpaired) electrons. The lowest BCUT2D eigenvalue weighted by atomic mass is 9.92. The minimum atomic E-state index is -0.126. The molecule has 1 atom stereocenters. The number of hydrogen-bond donors (Lipinski definition) is 1. The van der Waals surface area contributed by atoms with Gasteiger partial charge in [0.1, 0.15) is 0 Å². The van der Waals surface area contributed by atoms with Crippen LogP contribution in [0.1, 0.15) is 52.9 Å². The minimum absolute atomic E-state index is 0.0377. The molecule has 1 fully saturated rings. The monoisotopic (exact) mass is 237 g/mol. The van der Waals surface area contributed by atoms with Crippen molar-refractivity contribution in [2.75, 3.05) is 0 Å².